The lowest BCUT2D eigenvalue weighted by molar-refractivity contribution is -0.0948. The molecule has 26 heavy (non-hydrogen) atoms. The first-order valence-corrected chi connectivity index (χ1v) is 12.1. The zero-order valence-corrected chi connectivity index (χ0v) is 16.8. The fourth-order valence-electron chi connectivity index (χ4n) is 2.97. The number of aromatic nitrogens is 3. The van der Waals surface area contributed by atoms with E-state index < -0.39 is 38.7 Å². The van der Waals surface area contributed by atoms with Crippen LogP contribution < -0.4 is 0 Å². The van der Waals surface area contributed by atoms with Gasteiger partial charge in [-0.1, -0.05) is 37.2 Å². The molecule has 1 aliphatic heterocycles. The van der Waals surface area contributed by atoms with Crippen LogP contribution in [-0.2, 0) is 4.74 Å². The summed E-state index contributed by atoms with van der Waals surface area (Å²) in [5.41, 5.74) is 2.73. The topological polar surface area (TPSA) is 101 Å². The molecule has 0 bridgehead atoms. The Hall–Kier alpha value is -1.47. The monoisotopic (exact) mass is 395 g/mol. The number of ether oxygens (including phenoxy) is 1. The Morgan fingerprint density at radius 1 is 1.38 bits per heavy atom. The van der Waals surface area contributed by atoms with Crippen molar-refractivity contribution >= 4 is 30.7 Å². The molecule has 2 aromatic rings. The van der Waals surface area contributed by atoms with Crippen molar-refractivity contribution < 1.29 is 20.1 Å². The summed E-state index contributed by atoms with van der Waals surface area (Å²) >= 11 is 6.27. The van der Waals surface area contributed by atoms with Crippen molar-refractivity contribution in [1.82, 2.24) is 14.5 Å². The summed E-state index contributed by atoms with van der Waals surface area (Å²) < 4.78 is 7.29. The Bertz CT molecular complexity index is 897. The Labute approximate surface area is 157 Å². The van der Waals surface area contributed by atoms with Crippen LogP contribution in [0.15, 0.2) is 12.5 Å². The van der Waals surface area contributed by atoms with Crippen molar-refractivity contribution in [3.8, 4) is 11.5 Å². The van der Waals surface area contributed by atoms with E-state index in [1.54, 1.807) is 10.8 Å². The number of fused-ring (bicyclic) bond motifs is 1. The summed E-state index contributed by atoms with van der Waals surface area (Å²) in [6.07, 6.45) is -0.0830. The van der Waals surface area contributed by atoms with E-state index in [1.807, 2.05) is 0 Å². The minimum absolute atomic E-state index is 0.255. The number of halogens is 1. The van der Waals surface area contributed by atoms with E-state index in [0.29, 0.717) is 16.6 Å². The van der Waals surface area contributed by atoms with Gasteiger partial charge >= 0.3 is 0 Å². The van der Waals surface area contributed by atoms with Gasteiger partial charge in [-0.25, -0.2) is 9.97 Å². The van der Waals surface area contributed by atoms with Crippen molar-refractivity contribution in [3.05, 3.63) is 23.2 Å². The van der Waals surface area contributed by atoms with Gasteiger partial charge in [0.25, 0.3) is 0 Å². The first-order chi connectivity index (χ1) is 12.1. The zero-order chi connectivity index (χ0) is 19.3. The molecule has 7 nitrogen and oxygen atoms in total. The van der Waals surface area contributed by atoms with E-state index in [9.17, 15) is 15.3 Å². The second-order valence-corrected chi connectivity index (χ2v) is 12.8. The highest BCUT2D eigenvalue weighted by Gasteiger charge is 2.53. The number of hydrogen-bond donors (Lipinski definition) is 3. The summed E-state index contributed by atoms with van der Waals surface area (Å²) in [4.78, 5) is 8.30. The van der Waals surface area contributed by atoms with Crippen LogP contribution in [0.1, 0.15) is 18.7 Å². The lowest BCUT2D eigenvalue weighted by Gasteiger charge is -2.27. The van der Waals surface area contributed by atoms with E-state index in [1.165, 1.54) is 13.3 Å². The summed E-state index contributed by atoms with van der Waals surface area (Å²) in [5.74, 6) is 3.15. The molecule has 0 amide bonds. The van der Waals surface area contributed by atoms with E-state index in [2.05, 4.69) is 41.1 Å². The van der Waals surface area contributed by atoms with Crippen molar-refractivity contribution in [3.63, 3.8) is 0 Å². The molecule has 1 saturated heterocycles. The van der Waals surface area contributed by atoms with Crippen LogP contribution in [-0.4, -0.2) is 62.3 Å². The van der Waals surface area contributed by atoms with Gasteiger partial charge in [0.2, 0.25) is 0 Å². The largest absolute Gasteiger partial charge is 0.394 e. The maximum Gasteiger partial charge on any atom is 0.167 e. The van der Waals surface area contributed by atoms with Crippen LogP contribution in [0.25, 0.3) is 11.0 Å². The number of rotatable bonds is 2. The van der Waals surface area contributed by atoms with Crippen molar-refractivity contribution in [2.24, 2.45) is 0 Å². The van der Waals surface area contributed by atoms with Gasteiger partial charge in [-0.2, -0.15) is 0 Å². The van der Waals surface area contributed by atoms with Gasteiger partial charge in [0.05, 0.1) is 17.6 Å². The highest BCUT2D eigenvalue weighted by Crippen LogP contribution is 2.40. The number of aliphatic hydroxyl groups excluding tert-OH is 2. The molecule has 0 aromatic carbocycles. The normalized spacial score (nSPS) is 29.0. The molecule has 9 heteroatoms. The summed E-state index contributed by atoms with van der Waals surface area (Å²) in [6.45, 7) is 7.43. The molecule has 3 rings (SSSR count). The Balaban J connectivity index is 2.19. The molecule has 0 aliphatic carbocycles. The Morgan fingerprint density at radius 3 is 2.65 bits per heavy atom. The minimum Gasteiger partial charge on any atom is -0.394 e. The molecule has 3 N–H and O–H groups in total. The van der Waals surface area contributed by atoms with Crippen LogP contribution >= 0.6 is 11.6 Å². The first-order valence-electron chi connectivity index (χ1n) is 8.27. The summed E-state index contributed by atoms with van der Waals surface area (Å²) in [5, 5.41) is 31.3. The van der Waals surface area contributed by atoms with Crippen LogP contribution in [0.5, 0.6) is 0 Å². The molecule has 2 aromatic heterocycles. The molecular formula is C17H22ClN3O4Si. The SMILES string of the molecule is C[C@@]1(O)[C@H](O)[C@@H](CO)O[C@H]1n1cc(C#C[Si](C)(C)C)c2c(Cl)ncnc21. The van der Waals surface area contributed by atoms with E-state index in [-0.39, 0.29) is 5.15 Å². The summed E-state index contributed by atoms with van der Waals surface area (Å²) in [7, 11) is -1.63. The quantitative estimate of drug-likeness (QED) is 0.403. The third-order valence-electron chi connectivity index (χ3n) is 4.32. The number of aliphatic hydroxyl groups is 3. The second-order valence-electron chi connectivity index (χ2n) is 7.69. The minimum atomic E-state index is -1.63. The molecule has 140 valence electrons. The van der Waals surface area contributed by atoms with Crippen molar-refractivity contribution in [2.45, 2.75) is 50.6 Å². The smallest absolute Gasteiger partial charge is 0.167 e. The van der Waals surface area contributed by atoms with Crippen LogP contribution in [0.3, 0.4) is 0 Å². The van der Waals surface area contributed by atoms with E-state index in [0.717, 1.165) is 0 Å². The maximum atomic E-state index is 10.8. The molecule has 1 aliphatic rings. The van der Waals surface area contributed by atoms with Crippen LogP contribution in [0.2, 0.25) is 24.8 Å². The Kier molecular flexibility index (Phi) is 4.90. The van der Waals surface area contributed by atoms with Gasteiger partial charge in [-0.05, 0) is 6.92 Å². The lowest BCUT2D eigenvalue weighted by Crippen LogP contribution is -2.44. The number of hydrogen-bond acceptors (Lipinski definition) is 6. The Morgan fingerprint density at radius 2 is 2.08 bits per heavy atom. The molecular weight excluding hydrogens is 374 g/mol. The molecule has 3 heterocycles. The maximum absolute atomic E-state index is 10.8. The fraction of sp³-hybridized carbons (Fsp3) is 0.529. The third-order valence-corrected chi connectivity index (χ3v) is 5.48. The third kappa shape index (κ3) is 3.27. The average molecular weight is 396 g/mol. The second kappa shape index (κ2) is 6.60. The van der Waals surface area contributed by atoms with Crippen molar-refractivity contribution in [2.75, 3.05) is 6.61 Å². The molecule has 4 atom stereocenters. The average Bonchev–Trinajstić information content (AvgIpc) is 3.02. The predicted octanol–water partition coefficient (Wildman–Crippen LogP) is 1.32. The van der Waals surface area contributed by atoms with Gasteiger partial charge < -0.3 is 24.6 Å². The highest BCUT2D eigenvalue weighted by molar-refractivity contribution is 6.83. The lowest BCUT2D eigenvalue weighted by atomic mass is 9.96. The first kappa shape index (κ1) is 19.3. The molecule has 0 unspecified atom stereocenters. The van der Waals surface area contributed by atoms with Crippen molar-refractivity contribution in [1.29, 1.82) is 0 Å². The van der Waals surface area contributed by atoms with E-state index >= 15 is 0 Å². The highest BCUT2D eigenvalue weighted by atomic mass is 35.5. The van der Waals surface area contributed by atoms with Gasteiger partial charge in [-0.3, -0.25) is 0 Å². The fourth-order valence-corrected chi connectivity index (χ4v) is 3.71. The molecule has 0 spiro atoms. The molecule has 0 radical (unpaired) electrons. The van der Waals surface area contributed by atoms with Crippen LogP contribution in [0, 0.1) is 11.5 Å². The predicted molar refractivity (Wildman–Crippen MR) is 100 cm³/mol. The van der Waals surface area contributed by atoms with Crippen LogP contribution in [0.4, 0.5) is 0 Å². The molecule has 1 fully saturated rings. The molecule has 0 saturated carbocycles. The summed E-state index contributed by atoms with van der Waals surface area (Å²) in [6, 6.07) is 0. The van der Waals surface area contributed by atoms with Gasteiger partial charge in [0.1, 0.15) is 43.0 Å². The zero-order valence-electron chi connectivity index (χ0n) is 15.1. The van der Waals surface area contributed by atoms with E-state index in [4.69, 9.17) is 16.3 Å². The van der Waals surface area contributed by atoms with Gasteiger partial charge in [-0.15, -0.1) is 5.54 Å². The standard InChI is InChI=1S/C17H22ClN3O4Si/c1-17(24)13(23)11(8-22)25-16(17)21-7-10(5-6-26(2,3)4)12-14(18)19-9-20-15(12)21/h7,9,11,13,16,22-24H,8H2,1-4H3/t11-,13-,16-,17-/m1/s1. The van der Waals surface area contributed by atoms with Gasteiger partial charge in [0, 0.05) is 6.20 Å². The van der Waals surface area contributed by atoms with Gasteiger partial charge in [0.15, 0.2) is 6.23 Å². The number of nitrogens with zero attached hydrogens (tertiary/aromatic N) is 3.